The fourth-order valence-corrected chi connectivity index (χ4v) is 3.50. The standard InChI is InChI=1S/C15H29O2P/c1-2-3-9-14(12-7-8-13-17-18-16)15-10-5-4-6-11-15/h14-15H,2-13H2,1H3. The lowest BCUT2D eigenvalue weighted by atomic mass is 9.76. The summed E-state index contributed by atoms with van der Waals surface area (Å²) >= 11 is 0. The molecule has 0 saturated heterocycles. The maximum absolute atomic E-state index is 10.2. The zero-order valence-corrected chi connectivity index (χ0v) is 12.8. The smallest absolute Gasteiger partial charge is 0.294 e. The first-order chi connectivity index (χ1) is 8.88. The van der Waals surface area contributed by atoms with Crippen LogP contribution >= 0.6 is 8.69 Å². The van der Waals surface area contributed by atoms with Crippen LogP contribution in [0.5, 0.6) is 0 Å². The van der Waals surface area contributed by atoms with Crippen LogP contribution in [0.2, 0.25) is 0 Å². The number of hydrogen-bond donors (Lipinski definition) is 0. The fourth-order valence-electron chi connectivity index (χ4n) is 3.30. The summed E-state index contributed by atoms with van der Waals surface area (Å²) in [4.78, 5) is 0. The number of unbranched alkanes of at least 4 members (excludes halogenated alkanes) is 2. The average Bonchev–Trinajstić information content (AvgIpc) is 2.43. The van der Waals surface area contributed by atoms with Gasteiger partial charge in [-0.05, 0) is 18.3 Å². The van der Waals surface area contributed by atoms with Crippen LogP contribution in [-0.2, 0) is 9.09 Å². The van der Waals surface area contributed by atoms with Gasteiger partial charge in [0.1, 0.15) is 0 Å². The molecule has 0 aromatic heterocycles. The van der Waals surface area contributed by atoms with E-state index in [0.717, 1.165) is 18.3 Å². The van der Waals surface area contributed by atoms with Gasteiger partial charge in [0.15, 0.2) is 0 Å². The minimum Gasteiger partial charge on any atom is -0.294 e. The summed E-state index contributed by atoms with van der Waals surface area (Å²) in [6.45, 7) is 2.94. The van der Waals surface area contributed by atoms with Crippen molar-refractivity contribution in [3.8, 4) is 0 Å². The molecule has 0 aromatic rings. The molecule has 0 aliphatic heterocycles. The van der Waals surface area contributed by atoms with Crippen LogP contribution in [0.4, 0.5) is 0 Å². The Balaban J connectivity index is 2.22. The summed E-state index contributed by atoms with van der Waals surface area (Å²) < 4.78 is 15.0. The van der Waals surface area contributed by atoms with Crippen molar-refractivity contribution < 1.29 is 9.09 Å². The molecule has 1 aliphatic carbocycles. The molecule has 2 nitrogen and oxygen atoms in total. The van der Waals surface area contributed by atoms with Crippen LogP contribution in [0.25, 0.3) is 0 Å². The molecule has 0 aromatic carbocycles. The van der Waals surface area contributed by atoms with Gasteiger partial charge < -0.3 is 0 Å². The molecule has 0 N–H and O–H groups in total. The van der Waals surface area contributed by atoms with E-state index in [1.807, 2.05) is 0 Å². The molecule has 18 heavy (non-hydrogen) atoms. The predicted molar refractivity (Wildman–Crippen MR) is 77.0 cm³/mol. The third-order valence-corrected chi connectivity index (χ3v) is 4.65. The van der Waals surface area contributed by atoms with Crippen LogP contribution < -0.4 is 0 Å². The largest absolute Gasteiger partial charge is 0.327 e. The first kappa shape index (κ1) is 16.1. The molecule has 1 atom stereocenters. The lowest BCUT2D eigenvalue weighted by Gasteiger charge is -2.30. The summed E-state index contributed by atoms with van der Waals surface area (Å²) in [5, 5.41) is 0. The molecular formula is C15H29O2P. The van der Waals surface area contributed by atoms with Gasteiger partial charge in [0, 0.05) is 0 Å². The molecule has 106 valence electrons. The summed E-state index contributed by atoms with van der Waals surface area (Å²) in [5.74, 6) is 1.93. The Morgan fingerprint density at radius 3 is 2.50 bits per heavy atom. The lowest BCUT2D eigenvalue weighted by molar-refractivity contribution is 0.212. The molecule has 0 heterocycles. The Bertz CT molecular complexity index is 203. The first-order valence-corrected chi connectivity index (χ1v) is 8.56. The molecule has 1 saturated carbocycles. The van der Waals surface area contributed by atoms with Crippen molar-refractivity contribution >= 4 is 8.69 Å². The van der Waals surface area contributed by atoms with Crippen molar-refractivity contribution in [3.05, 3.63) is 0 Å². The van der Waals surface area contributed by atoms with E-state index in [-0.39, 0.29) is 8.69 Å². The van der Waals surface area contributed by atoms with Gasteiger partial charge in [0.05, 0.1) is 6.61 Å². The van der Waals surface area contributed by atoms with Gasteiger partial charge in [-0.3, -0.25) is 4.52 Å². The second-order valence-corrected chi connectivity index (χ2v) is 6.11. The van der Waals surface area contributed by atoms with Crippen molar-refractivity contribution in [1.29, 1.82) is 0 Å². The molecule has 3 heteroatoms. The third-order valence-electron chi connectivity index (χ3n) is 4.36. The summed E-state index contributed by atoms with van der Waals surface area (Å²) in [7, 11) is -0.165. The van der Waals surface area contributed by atoms with Crippen LogP contribution in [-0.4, -0.2) is 6.61 Å². The maximum atomic E-state index is 10.2. The Kier molecular flexibility index (Phi) is 9.79. The molecule has 1 aliphatic rings. The van der Waals surface area contributed by atoms with Crippen molar-refractivity contribution in [2.24, 2.45) is 11.8 Å². The molecule has 0 spiro atoms. The van der Waals surface area contributed by atoms with Gasteiger partial charge in [0.2, 0.25) is 0 Å². The third kappa shape index (κ3) is 6.85. The minimum atomic E-state index is -0.165. The Hall–Kier alpha value is 0.0600. The Labute approximate surface area is 114 Å². The molecule has 1 fully saturated rings. The quantitative estimate of drug-likeness (QED) is 0.373. The van der Waals surface area contributed by atoms with Gasteiger partial charge >= 0.3 is 8.69 Å². The highest BCUT2D eigenvalue weighted by atomic mass is 31.1. The highest BCUT2D eigenvalue weighted by Crippen LogP contribution is 2.35. The minimum absolute atomic E-state index is 0.165. The molecule has 0 amide bonds. The zero-order chi connectivity index (χ0) is 13.1. The van der Waals surface area contributed by atoms with E-state index >= 15 is 0 Å². The highest BCUT2D eigenvalue weighted by molar-refractivity contribution is 7.17. The topological polar surface area (TPSA) is 26.3 Å². The van der Waals surface area contributed by atoms with Gasteiger partial charge in [-0.15, -0.1) is 0 Å². The molecule has 0 bridgehead atoms. The van der Waals surface area contributed by atoms with E-state index in [4.69, 9.17) is 4.52 Å². The first-order valence-electron chi connectivity index (χ1n) is 7.83. The van der Waals surface area contributed by atoms with Crippen molar-refractivity contribution in [3.63, 3.8) is 0 Å². The van der Waals surface area contributed by atoms with Gasteiger partial charge in [0.25, 0.3) is 0 Å². The van der Waals surface area contributed by atoms with E-state index in [1.54, 1.807) is 0 Å². The molecule has 1 rings (SSSR count). The molecule has 0 radical (unpaired) electrons. The molecule has 1 unspecified atom stereocenters. The fraction of sp³-hybridized carbons (Fsp3) is 1.00. The van der Waals surface area contributed by atoms with Crippen LogP contribution in [0, 0.1) is 11.8 Å². The van der Waals surface area contributed by atoms with E-state index in [1.165, 1.54) is 64.2 Å². The van der Waals surface area contributed by atoms with Gasteiger partial charge in [-0.2, -0.15) is 0 Å². The SMILES string of the molecule is CCCCC(CCCCOP=O)C1CCCCC1. The zero-order valence-electron chi connectivity index (χ0n) is 11.9. The van der Waals surface area contributed by atoms with E-state index < -0.39 is 0 Å². The summed E-state index contributed by atoms with van der Waals surface area (Å²) in [5.41, 5.74) is 0. The Morgan fingerprint density at radius 2 is 1.83 bits per heavy atom. The second-order valence-electron chi connectivity index (χ2n) is 5.70. The second kappa shape index (κ2) is 10.9. The summed E-state index contributed by atoms with van der Waals surface area (Å²) in [6.07, 6.45) is 15.0. The normalized spacial score (nSPS) is 19.2. The van der Waals surface area contributed by atoms with Crippen molar-refractivity contribution in [2.45, 2.75) is 77.6 Å². The monoisotopic (exact) mass is 272 g/mol. The predicted octanol–water partition coefficient (Wildman–Crippen LogP) is 5.77. The van der Waals surface area contributed by atoms with Gasteiger partial charge in [-0.25, -0.2) is 4.57 Å². The van der Waals surface area contributed by atoms with E-state index in [0.29, 0.717) is 6.61 Å². The van der Waals surface area contributed by atoms with Crippen LogP contribution in [0.1, 0.15) is 77.6 Å². The van der Waals surface area contributed by atoms with E-state index in [2.05, 4.69) is 6.92 Å². The molecular weight excluding hydrogens is 243 g/mol. The number of hydrogen-bond acceptors (Lipinski definition) is 2. The lowest BCUT2D eigenvalue weighted by Crippen LogP contribution is -2.18. The summed E-state index contributed by atoms with van der Waals surface area (Å²) in [6, 6.07) is 0. The van der Waals surface area contributed by atoms with E-state index in [9.17, 15) is 4.57 Å². The van der Waals surface area contributed by atoms with Gasteiger partial charge in [-0.1, -0.05) is 71.1 Å². The van der Waals surface area contributed by atoms with Crippen LogP contribution in [0.3, 0.4) is 0 Å². The number of rotatable bonds is 10. The van der Waals surface area contributed by atoms with Crippen molar-refractivity contribution in [1.82, 2.24) is 0 Å². The maximum Gasteiger partial charge on any atom is 0.327 e. The van der Waals surface area contributed by atoms with Crippen molar-refractivity contribution in [2.75, 3.05) is 6.61 Å². The van der Waals surface area contributed by atoms with Crippen LogP contribution in [0.15, 0.2) is 0 Å². The average molecular weight is 272 g/mol. The Morgan fingerprint density at radius 1 is 1.11 bits per heavy atom. The highest BCUT2D eigenvalue weighted by Gasteiger charge is 2.22.